The molecule has 1 aromatic carbocycles. The van der Waals surface area contributed by atoms with Crippen LogP contribution >= 0.6 is 0 Å². The monoisotopic (exact) mass is 341 g/mol. The Morgan fingerprint density at radius 1 is 1.28 bits per heavy atom. The molecule has 0 bridgehead atoms. The molecule has 1 N–H and O–H groups in total. The average Bonchev–Trinajstić information content (AvgIpc) is 3.07. The van der Waals surface area contributed by atoms with Crippen molar-refractivity contribution in [1.29, 1.82) is 0 Å². The summed E-state index contributed by atoms with van der Waals surface area (Å²) in [6.07, 6.45) is 1.86. The number of carbonyl (C=O) groups excluding carboxylic acids is 1. The lowest BCUT2D eigenvalue weighted by Crippen LogP contribution is -2.49. The molecule has 1 amide bonds. The van der Waals surface area contributed by atoms with Crippen molar-refractivity contribution in [2.24, 2.45) is 5.41 Å². The van der Waals surface area contributed by atoms with Crippen LogP contribution in [0.25, 0.3) is 11.3 Å². The largest absolute Gasteiger partial charge is 0.481 e. The van der Waals surface area contributed by atoms with E-state index in [4.69, 9.17) is 4.42 Å². The Balaban J connectivity index is 1.84. The Kier molecular flexibility index (Phi) is 4.66. The predicted molar refractivity (Wildman–Crippen MR) is 94.4 cm³/mol. The van der Waals surface area contributed by atoms with Crippen molar-refractivity contribution in [3.63, 3.8) is 0 Å². The lowest BCUT2D eigenvalue weighted by Gasteiger charge is -2.39. The Morgan fingerprint density at radius 3 is 2.72 bits per heavy atom. The van der Waals surface area contributed by atoms with E-state index >= 15 is 0 Å². The number of furan rings is 1. The number of amides is 1. The topological polar surface area (TPSA) is 70.8 Å². The van der Waals surface area contributed by atoms with Gasteiger partial charge < -0.3 is 14.4 Å². The molecule has 25 heavy (non-hydrogen) atoms. The molecule has 5 nitrogen and oxygen atoms in total. The quantitative estimate of drug-likeness (QED) is 0.913. The summed E-state index contributed by atoms with van der Waals surface area (Å²) in [5, 5.41) is 9.60. The van der Waals surface area contributed by atoms with E-state index in [0.717, 1.165) is 17.1 Å². The number of hydrogen-bond donors (Lipinski definition) is 1. The van der Waals surface area contributed by atoms with Gasteiger partial charge in [0.25, 0.3) is 5.91 Å². The zero-order valence-electron chi connectivity index (χ0n) is 14.6. The molecule has 0 aliphatic carbocycles. The molecule has 2 heterocycles. The van der Waals surface area contributed by atoms with Crippen LogP contribution in [0.5, 0.6) is 0 Å². The van der Waals surface area contributed by atoms with Crippen LogP contribution in [0.2, 0.25) is 0 Å². The molecule has 1 aliphatic rings. The van der Waals surface area contributed by atoms with Crippen LogP contribution in [0.3, 0.4) is 0 Å². The lowest BCUT2D eigenvalue weighted by molar-refractivity contribution is -0.152. The van der Waals surface area contributed by atoms with Gasteiger partial charge in [0.05, 0.1) is 5.41 Å². The second kappa shape index (κ2) is 6.75. The summed E-state index contributed by atoms with van der Waals surface area (Å²) in [5.41, 5.74) is 0.573. The van der Waals surface area contributed by atoms with Crippen LogP contribution in [0, 0.1) is 12.3 Å². The van der Waals surface area contributed by atoms with Gasteiger partial charge in [0.15, 0.2) is 0 Å². The Hall–Kier alpha value is -2.56. The zero-order valence-corrected chi connectivity index (χ0v) is 14.6. The van der Waals surface area contributed by atoms with Gasteiger partial charge in [0, 0.05) is 24.2 Å². The third-order valence-electron chi connectivity index (χ3n) is 5.13. The number of hydrogen-bond acceptors (Lipinski definition) is 3. The molecular weight excluding hydrogens is 318 g/mol. The molecule has 1 aliphatic heterocycles. The maximum absolute atomic E-state index is 12.9. The average molecular weight is 341 g/mol. The summed E-state index contributed by atoms with van der Waals surface area (Å²) in [5.74, 6) is 0.604. The van der Waals surface area contributed by atoms with Crippen LogP contribution in [-0.4, -0.2) is 35.0 Å². The Labute approximate surface area is 147 Å². The summed E-state index contributed by atoms with van der Waals surface area (Å²) >= 11 is 0. The highest BCUT2D eigenvalue weighted by Gasteiger charge is 2.42. The van der Waals surface area contributed by atoms with Crippen molar-refractivity contribution >= 4 is 11.9 Å². The minimum Gasteiger partial charge on any atom is -0.481 e. The van der Waals surface area contributed by atoms with Crippen molar-refractivity contribution < 1.29 is 19.1 Å². The summed E-state index contributed by atoms with van der Waals surface area (Å²) < 4.78 is 5.63. The van der Waals surface area contributed by atoms with Crippen LogP contribution in [0.15, 0.2) is 40.8 Å². The highest BCUT2D eigenvalue weighted by atomic mass is 16.4. The fourth-order valence-electron chi connectivity index (χ4n) is 3.50. The van der Waals surface area contributed by atoms with Crippen LogP contribution in [-0.2, 0) is 4.79 Å². The minimum absolute atomic E-state index is 0.121. The van der Waals surface area contributed by atoms with Gasteiger partial charge in [0.2, 0.25) is 0 Å². The van der Waals surface area contributed by atoms with Crippen LogP contribution in [0.1, 0.15) is 42.3 Å². The fourth-order valence-corrected chi connectivity index (χ4v) is 3.50. The summed E-state index contributed by atoms with van der Waals surface area (Å²) in [6, 6.07) is 11.1. The number of benzene rings is 1. The number of rotatable bonds is 4. The Bertz CT molecular complexity index is 794. The lowest BCUT2D eigenvalue weighted by atomic mass is 9.77. The first-order valence-electron chi connectivity index (χ1n) is 8.65. The molecule has 2 aromatic rings. The minimum atomic E-state index is -0.830. The molecule has 0 unspecified atom stereocenters. The molecule has 132 valence electrons. The van der Waals surface area contributed by atoms with Gasteiger partial charge in [-0.15, -0.1) is 0 Å². The van der Waals surface area contributed by atoms with Crippen molar-refractivity contribution in [3.05, 3.63) is 47.7 Å². The fraction of sp³-hybridized carbons (Fsp3) is 0.400. The second-order valence-corrected chi connectivity index (χ2v) is 6.76. The molecular formula is C20H23NO4. The van der Waals surface area contributed by atoms with Gasteiger partial charge in [-0.05, 0) is 50.5 Å². The van der Waals surface area contributed by atoms with Gasteiger partial charge in [-0.1, -0.05) is 19.1 Å². The number of carboxylic acid groups (broad SMARTS) is 1. The summed E-state index contributed by atoms with van der Waals surface area (Å²) in [4.78, 5) is 26.3. The zero-order chi connectivity index (χ0) is 18.0. The van der Waals surface area contributed by atoms with E-state index in [2.05, 4.69) is 0 Å². The van der Waals surface area contributed by atoms with Gasteiger partial charge >= 0.3 is 5.97 Å². The van der Waals surface area contributed by atoms with E-state index in [1.807, 2.05) is 44.2 Å². The SMILES string of the molecule is CC[C@@]1(C(=O)O)CCCN(C(=O)c2cccc(-c3ccc(C)o3)c2)C1. The van der Waals surface area contributed by atoms with E-state index in [1.165, 1.54) is 0 Å². The number of aryl methyl sites for hydroxylation is 1. The highest BCUT2D eigenvalue weighted by Crippen LogP contribution is 2.34. The number of nitrogens with zero attached hydrogens (tertiary/aromatic N) is 1. The van der Waals surface area contributed by atoms with E-state index in [9.17, 15) is 14.7 Å². The number of carbonyl (C=O) groups is 2. The molecule has 1 saturated heterocycles. The molecule has 1 atom stereocenters. The predicted octanol–water partition coefficient (Wildman–Crippen LogP) is 3.97. The summed E-state index contributed by atoms with van der Waals surface area (Å²) in [6.45, 7) is 4.62. The molecule has 1 aromatic heterocycles. The maximum atomic E-state index is 12.9. The number of carboxylic acids is 1. The van der Waals surface area contributed by atoms with Crippen LogP contribution < -0.4 is 0 Å². The third kappa shape index (κ3) is 3.31. The van der Waals surface area contributed by atoms with Crippen LogP contribution in [0.4, 0.5) is 0 Å². The van der Waals surface area contributed by atoms with Gasteiger partial charge in [-0.3, -0.25) is 9.59 Å². The number of likely N-dealkylation sites (tertiary alicyclic amines) is 1. The second-order valence-electron chi connectivity index (χ2n) is 6.76. The smallest absolute Gasteiger partial charge is 0.311 e. The van der Waals surface area contributed by atoms with Gasteiger partial charge in [-0.25, -0.2) is 0 Å². The standard InChI is InChI=1S/C20H23NO4/c1-3-20(19(23)24)10-5-11-21(13-20)18(22)16-7-4-6-15(12-16)17-9-8-14(2)25-17/h4,6-9,12H,3,5,10-11,13H2,1-2H3,(H,23,24)/t20-/m1/s1. The first-order chi connectivity index (χ1) is 11.9. The first-order valence-corrected chi connectivity index (χ1v) is 8.65. The molecule has 0 spiro atoms. The van der Waals surface area contributed by atoms with E-state index in [0.29, 0.717) is 31.4 Å². The molecule has 0 radical (unpaired) electrons. The molecule has 1 fully saturated rings. The normalized spacial score (nSPS) is 20.5. The van der Waals surface area contributed by atoms with Gasteiger partial charge in [0.1, 0.15) is 11.5 Å². The van der Waals surface area contributed by atoms with Crippen molar-refractivity contribution in [1.82, 2.24) is 4.90 Å². The van der Waals surface area contributed by atoms with E-state index in [1.54, 1.807) is 11.0 Å². The molecule has 0 saturated carbocycles. The van der Waals surface area contributed by atoms with Crippen molar-refractivity contribution in [2.75, 3.05) is 13.1 Å². The number of aliphatic carboxylic acids is 1. The first kappa shape index (κ1) is 17.3. The third-order valence-corrected chi connectivity index (χ3v) is 5.13. The summed E-state index contributed by atoms with van der Waals surface area (Å²) in [7, 11) is 0. The van der Waals surface area contributed by atoms with Gasteiger partial charge in [-0.2, -0.15) is 0 Å². The highest BCUT2D eigenvalue weighted by molar-refractivity contribution is 5.95. The van der Waals surface area contributed by atoms with Crippen molar-refractivity contribution in [2.45, 2.75) is 33.1 Å². The number of piperidine rings is 1. The molecule has 5 heteroatoms. The Morgan fingerprint density at radius 2 is 2.08 bits per heavy atom. The van der Waals surface area contributed by atoms with E-state index in [-0.39, 0.29) is 12.5 Å². The van der Waals surface area contributed by atoms with E-state index < -0.39 is 11.4 Å². The maximum Gasteiger partial charge on any atom is 0.311 e. The molecule has 3 rings (SSSR count). The van der Waals surface area contributed by atoms with Crippen molar-refractivity contribution in [3.8, 4) is 11.3 Å².